The summed E-state index contributed by atoms with van der Waals surface area (Å²) in [6.45, 7) is 3.46. The smallest absolute Gasteiger partial charge is 0.215 e. The van der Waals surface area contributed by atoms with Crippen LogP contribution < -0.4 is 4.72 Å². The van der Waals surface area contributed by atoms with Crippen molar-refractivity contribution in [3.63, 3.8) is 0 Å². The number of carbonyl (C=O) groups excluding carboxylic acids is 1. The molecule has 0 atom stereocenters. The SMILES string of the molecule is O=C(CNS(=O)(=O)C1CCOCC1)c1cc(CN2CCOCC2)cc(Cl)c1F. The van der Waals surface area contributed by atoms with E-state index in [4.69, 9.17) is 21.1 Å². The van der Waals surface area contributed by atoms with Crippen LogP contribution in [0.5, 0.6) is 0 Å². The van der Waals surface area contributed by atoms with Crippen molar-refractivity contribution in [2.75, 3.05) is 46.1 Å². The summed E-state index contributed by atoms with van der Waals surface area (Å²) in [5.41, 5.74) is 0.495. The molecular weight excluding hydrogens is 411 g/mol. The molecule has 0 saturated carbocycles. The summed E-state index contributed by atoms with van der Waals surface area (Å²) in [6.07, 6.45) is 0.748. The first-order chi connectivity index (χ1) is 13.4. The Bertz CT molecular complexity index is 808. The molecule has 2 saturated heterocycles. The number of hydrogen-bond donors (Lipinski definition) is 1. The Morgan fingerprint density at radius 2 is 1.82 bits per heavy atom. The van der Waals surface area contributed by atoms with E-state index in [2.05, 4.69) is 9.62 Å². The van der Waals surface area contributed by atoms with Gasteiger partial charge in [0.25, 0.3) is 0 Å². The van der Waals surface area contributed by atoms with Crippen LogP contribution in [0.2, 0.25) is 5.02 Å². The van der Waals surface area contributed by atoms with E-state index in [1.807, 2.05) is 0 Å². The molecule has 0 bridgehead atoms. The highest BCUT2D eigenvalue weighted by atomic mass is 35.5. The van der Waals surface area contributed by atoms with Gasteiger partial charge in [0.15, 0.2) is 11.6 Å². The van der Waals surface area contributed by atoms with Crippen LogP contribution in [-0.2, 0) is 26.0 Å². The van der Waals surface area contributed by atoms with Crippen molar-refractivity contribution in [2.24, 2.45) is 0 Å². The van der Waals surface area contributed by atoms with Crippen molar-refractivity contribution < 1.29 is 27.1 Å². The predicted octanol–water partition coefficient (Wildman–Crippen LogP) is 1.59. The number of Topliss-reactive ketones (excluding diaryl/α,β-unsaturated/α-hetero) is 1. The second kappa shape index (κ2) is 9.60. The van der Waals surface area contributed by atoms with Gasteiger partial charge in [0.05, 0.1) is 35.6 Å². The third-order valence-corrected chi connectivity index (χ3v) is 7.11. The Kier molecular flexibility index (Phi) is 7.41. The van der Waals surface area contributed by atoms with Gasteiger partial charge in [0.2, 0.25) is 10.0 Å². The lowest BCUT2D eigenvalue weighted by molar-refractivity contribution is 0.0341. The van der Waals surface area contributed by atoms with Gasteiger partial charge in [-0.05, 0) is 30.5 Å². The maximum absolute atomic E-state index is 14.4. The molecule has 1 aromatic carbocycles. The van der Waals surface area contributed by atoms with Crippen LogP contribution in [0.25, 0.3) is 0 Å². The van der Waals surface area contributed by atoms with Crippen molar-refractivity contribution in [2.45, 2.75) is 24.6 Å². The van der Waals surface area contributed by atoms with Gasteiger partial charge in [-0.15, -0.1) is 0 Å². The number of ketones is 1. The summed E-state index contributed by atoms with van der Waals surface area (Å²) >= 11 is 5.97. The zero-order chi connectivity index (χ0) is 20.1. The maximum atomic E-state index is 14.4. The number of hydrogen-bond acceptors (Lipinski definition) is 6. The second-order valence-electron chi connectivity index (χ2n) is 6.93. The molecule has 3 rings (SSSR count). The van der Waals surface area contributed by atoms with E-state index in [0.29, 0.717) is 51.4 Å². The number of sulfonamides is 1. The molecule has 0 spiro atoms. The first-order valence-corrected chi connectivity index (χ1v) is 11.2. The van der Waals surface area contributed by atoms with Gasteiger partial charge in [-0.1, -0.05) is 11.6 Å². The number of nitrogens with zero attached hydrogens (tertiary/aromatic N) is 1. The first kappa shape index (κ1) is 21.6. The van der Waals surface area contributed by atoms with Crippen LogP contribution in [0, 0.1) is 5.82 Å². The molecule has 156 valence electrons. The van der Waals surface area contributed by atoms with Crippen LogP contribution >= 0.6 is 11.6 Å². The van der Waals surface area contributed by atoms with Crippen molar-refractivity contribution in [3.05, 3.63) is 34.1 Å². The molecule has 28 heavy (non-hydrogen) atoms. The minimum absolute atomic E-state index is 0.151. The van der Waals surface area contributed by atoms with Gasteiger partial charge in [0.1, 0.15) is 0 Å². The van der Waals surface area contributed by atoms with Crippen molar-refractivity contribution in [3.8, 4) is 0 Å². The van der Waals surface area contributed by atoms with Crippen LogP contribution in [0.1, 0.15) is 28.8 Å². The molecule has 2 aliphatic heterocycles. The van der Waals surface area contributed by atoms with E-state index < -0.39 is 33.4 Å². The minimum atomic E-state index is -3.67. The number of nitrogens with one attached hydrogen (secondary N) is 1. The molecular formula is C18H24ClFN2O5S. The van der Waals surface area contributed by atoms with E-state index in [0.717, 1.165) is 13.1 Å². The standard InChI is InChI=1S/C18H24ClFN2O5S/c19-16-10-13(12-22-3-7-27-8-4-22)9-15(18(16)20)17(23)11-21-28(24,25)14-1-5-26-6-2-14/h9-10,14,21H,1-8,11-12H2. The fraction of sp³-hybridized carbons (Fsp3) is 0.611. The quantitative estimate of drug-likeness (QED) is 0.656. The molecule has 0 unspecified atom stereocenters. The number of halogens is 2. The van der Waals surface area contributed by atoms with E-state index in [-0.39, 0.29) is 10.6 Å². The largest absolute Gasteiger partial charge is 0.381 e. The maximum Gasteiger partial charge on any atom is 0.215 e. The van der Waals surface area contributed by atoms with Gasteiger partial charge in [-0.25, -0.2) is 17.5 Å². The molecule has 10 heteroatoms. The zero-order valence-electron chi connectivity index (χ0n) is 15.5. The highest BCUT2D eigenvalue weighted by Crippen LogP contribution is 2.23. The van der Waals surface area contributed by atoms with E-state index in [9.17, 15) is 17.6 Å². The first-order valence-electron chi connectivity index (χ1n) is 9.24. The summed E-state index contributed by atoms with van der Waals surface area (Å²) in [7, 11) is -3.67. The normalized spacial score (nSPS) is 19.6. The Labute approximate surface area is 169 Å². The van der Waals surface area contributed by atoms with E-state index >= 15 is 0 Å². The third-order valence-electron chi connectivity index (χ3n) is 4.94. The lowest BCUT2D eigenvalue weighted by Gasteiger charge is -2.26. The Hall–Kier alpha value is -1.10. The number of ether oxygens (including phenoxy) is 2. The number of morpholine rings is 1. The fourth-order valence-electron chi connectivity index (χ4n) is 3.32. The molecule has 2 fully saturated rings. The Morgan fingerprint density at radius 1 is 1.18 bits per heavy atom. The zero-order valence-corrected chi connectivity index (χ0v) is 17.0. The number of benzene rings is 1. The van der Waals surface area contributed by atoms with Crippen molar-refractivity contribution >= 4 is 27.4 Å². The molecule has 2 aliphatic rings. The molecule has 7 nitrogen and oxygen atoms in total. The van der Waals surface area contributed by atoms with Gasteiger partial charge in [-0.2, -0.15) is 0 Å². The van der Waals surface area contributed by atoms with Gasteiger partial charge >= 0.3 is 0 Å². The van der Waals surface area contributed by atoms with Crippen molar-refractivity contribution in [1.29, 1.82) is 0 Å². The summed E-state index contributed by atoms with van der Waals surface area (Å²) < 4.78 is 51.9. The Morgan fingerprint density at radius 3 is 2.50 bits per heavy atom. The molecule has 2 heterocycles. The minimum Gasteiger partial charge on any atom is -0.381 e. The summed E-state index contributed by atoms with van der Waals surface area (Å²) in [5.74, 6) is -1.48. The molecule has 0 radical (unpaired) electrons. The lowest BCUT2D eigenvalue weighted by atomic mass is 10.1. The predicted molar refractivity (Wildman–Crippen MR) is 103 cm³/mol. The van der Waals surface area contributed by atoms with Crippen molar-refractivity contribution in [1.82, 2.24) is 9.62 Å². The van der Waals surface area contributed by atoms with Gasteiger partial charge < -0.3 is 9.47 Å². The van der Waals surface area contributed by atoms with Gasteiger partial charge in [-0.3, -0.25) is 9.69 Å². The summed E-state index contributed by atoms with van der Waals surface area (Å²) in [4.78, 5) is 14.6. The van der Waals surface area contributed by atoms with E-state index in [1.165, 1.54) is 12.1 Å². The van der Waals surface area contributed by atoms with Crippen LogP contribution in [-0.4, -0.2) is 70.4 Å². The van der Waals surface area contributed by atoms with Crippen LogP contribution in [0.15, 0.2) is 12.1 Å². The monoisotopic (exact) mass is 434 g/mol. The second-order valence-corrected chi connectivity index (χ2v) is 9.38. The highest BCUT2D eigenvalue weighted by molar-refractivity contribution is 7.90. The molecule has 1 aromatic rings. The highest BCUT2D eigenvalue weighted by Gasteiger charge is 2.28. The van der Waals surface area contributed by atoms with Gasteiger partial charge in [0, 0.05) is 32.8 Å². The molecule has 1 N–H and O–H groups in total. The number of carbonyl (C=O) groups is 1. The van der Waals surface area contributed by atoms with E-state index in [1.54, 1.807) is 0 Å². The molecule has 0 aromatic heterocycles. The average molecular weight is 435 g/mol. The van der Waals surface area contributed by atoms with Crippen LogP contribution in [0.4, 0.5) is 4.39 Å². The average Bonchev–Trinajstić information content (AvgIpc) is 2.70. The molecule has 0 aliphatic carbocycles. The fourth-order valence-corrected chi connectivity index (χ4v) is 4.95. The summed E-state index contributed by atoms with van der Waals surface area (Å²) in [6, 6.07) is 2.94. The third kappa shape index (κ3) is 5.49. The topological polar surface area (TPSA) is 84.9 Å². The lowest BCUT2D eigenvalue weighted by Crippen LogP contribution is -2.40. The number of rotatable bonds is 7. The summed E-state index contributed by atoms with van der Waals surface area (Å²) in [5, 5.41) is -0.753. The molecule has 0 amide bonds. The Balaban J connectivity index is 1.68. The van der Waals surface area contributed by atoms with Crippen LogP contribution in [0.3, 0.4) is 0 Å².